The van der Waals surface area contributed by atoms with Crippen LogP contribution in [0.5, 0.6) is 5.75 Å². The molecule has 0 spiro atoms. The molecule has 4 unspecified atom stereocenters. The summed E-state index contributed by atoms with van der Waals surface area (Å²) in [4.78, 5) is 13.1. The number of sulfonamides is 1. The fourth-order valence-corrected chi connectivity index (χ4v) is 6.17. The Kier molecular flexibility index (Phi) is 6.38. The fourth-order valence-electron chi connectivity index (χ4n) is 4.75. The third kappa shape index (κ3) is 4.99. The molecule has 2 aromatic rings. The smallest absolute Gasteiger partial charge is 0.311 e. The largest absolute Gasteiger partial charge is 0.489 e. The number of hydrogen-bond acceptors (Lipinski definition) is 5. The number of ether oxygens (including phenoxy) is 2. The van der Waals surface area contributed by atoms with Crippen molar-refractivity contribution >= 4 is 16.0 Å². The normalized spacial score (nSPS) is 24.3. The summed E-state index contributed by atoms with van der Waals surface area (Å²) in [6, 6.07) is 15.7. The van der Waals surface area contributed by atoms with Crippen molar-refractivity contribution in [2.75, 3.05) is 7.05 Å². The number of rotatable bonds is 7. The van der Waals surface area contributed by atoms with E-state index in [1.54, 1.807) is 31.3 Å². The van der Waals surface area contributed by atoms with Gasteiger partial charge in [-0.2, -0.15) is 4.31 Å². The van der Waals surface area contributed by atoms with E-state index in [-0.39, 0.29) is 22.7 Å². The molecular formula is C26H31NO5S. The molecule has 4 atom stereocenters. The Bertz CT molecular complexity index is 1120. The Morgan fingerprint density at radius 2 is 1.64 bits per heavy atom. The minimum atomic E-state index is -3.80. The van der Waals surface area contributed by atoms with E-state index < -0.39 is 27.6 Å². The zero-order chi connectivity index (χ0) is 23.8. The summed E-state index contributed by atoms with van der Waals surface area (Å²) in [7, 11) is -2.24. The first kappa shape index (κ1) is 23.5. The number of benzene rings is 2. The molecule has 176 valence electrons. The van der Waals surface area contributed by atoms with Gasteiger partial charge < -0.3 is 9.47 Å². The van der Waals surface area contributed by atoms with Crippen molar-refractivity contribution in [3.8, 4) is 5.75 Å². The van der Waals surface area contributed by atoms with Gasteiger partial charge in [0, 0.05) is 13.1 Å². The Morgan fingerprint density at radius 3 is 2.27 bits per heavy atom. The van der Waals surface area contributed by atoms with Crippen LogP contribution in [0.2, 0.25) is 0 Å². The maximum atomic E-state index is 13.4. The Balaban J connectivity index is 1.50. The van der Waals surface area contributed by atoms with Gasteiger partial charge in [-0.1, -0.05) is 42.5 Å². The van der Waals surface area contributed by atoms with Crippen molar-refractivity contribution in [1.82, 2.24) is 4.31 Å². The predicted octanol–water partition coefficient (Wildman–Crippen LogP) is 4.42. The minimum absolute atomic E-state index is 0.000715. The van der Waals surface area contributed by atoms with Gasteiger partial charge >= 0.3 is 5.97 Å². The lowest BCUT2D eigenvalue weighted by Gasteiger charge is -2.35. The molecule has 7 heteroatoms. The number of esters is 1. The van der Waals surface area contributed by atoms with Crippen molar-refractivity contribution in [1.29, 1.82) is 0 Å². The van der Waals surface area contributed by atoms with Gasteiger partial charge in [-0.15, -0.1) is 0 Å². The maximum absolute atomic E-state index is 13.4. The van der Waals surface area contributed by atoms with E-state index in [4.69, 9.17) is 9.47 Å². The highest BCUT2D eigenvalue weighted by molar-refractivity contribution is 7.89. The zero-order valence-electron chi connectivity index (χ0n) is 19.5. The average molecular weight is 470 g/mol. The van der Waals surface area contributed by atoms with Crippen molar-refractivity contribution in [3.05, 3.63) is 72.3 Å². The highest BCUT2D eigenvalue weighted by Gasteiger charge is 2.53. The summed E-state index contributed by atoms with van der Waals surface area (Å²) in [5.41, 5.74) is 0.409. The van der Waals surface area contributed by atoms with Gasteiger partial charge in [0.1, 0.15) is 18.0 Å². The van der Waals surface area contributed by atoms with Crippen LogP contribution >= 0.6 is 0 Å². The molecular weight excluding hydrogens is 438 g/mol. The highest BCUT2D eigenvalue weighted by atomic mass is 32.2. The molecule has 33 heavy (non-hydrogen) atoms. The first-order valence-corrected chi connectivity index (χ1v) is 12.7. The first-order chi connectivity index (χ1) is 15.6. The summed E-state index contributed by atoms with van der Waals surface area (Å²) in [6.07, 6.45) is 4.82. The molecule has 2 aromatic carbocycles. The van der Waals surface area contributed by atoms with Gasteiger partial charge in [-0.05, 0) is 68.9 Å². The third-order valence-electron chi connectivity index (χ3n) is 6.27. The lowest BCUT2D eigenvalue weighted by molar-refractivity contribution is -0.162. The summed E-state index contributed by atoms with van der Waals surface area (Å²) in [5, 5.41) is 0. The monoisotopic (exact) mass is 469 g/mol. The van der Waals surface area contributed by atoms with Gasteiger partial charge in [0.15, 0.2) is 0 Å². The number of carbonyl (C=O) groups is 1. The number of allylic oxidation sites excluding steroid dienone is 1. The lowest BCUT2D eigenvalue weighted by Crippen LogP contribution is -2.48. The van der Waals surface area contributed by atoms with Gasteiger partial charge in [0.05, 0.1) is 10.8 Å². The van der Waals surface area contributed by atoms with Crippen molar-refractivity contribution in [2.24, 2.45) is 17.8 Å². The molecule has 0 aromatic heterocycles. The molecule has 0 aliphatic heterocycles. The molecule has 2 bridgehead atoms. The standard InChI is InChI=1S/C26H31NO5S/c1-26(2,3)32-25(28)23-19-10-11-20(16-19)24(23)27(4)33(29,30)22-14-12-21(13-15-22)31-17-18-8-6-5-7-9-18/h5-15,19-20,23-24H,16-17H2,1-4H3. The topological polar surface area (TPSA) is 72.9 Å². The van der Waals surface area contributed by atoms with Crippen molar-refractivity contribution in [2.45, 2.75) is 50.3 Å². The molecule has 0 amide bonds. The second-order valence-corrected chi connectivity index (χ2v) is 11.8. The van der Waals surface area contributed by atoms with Crippen LogP contribution in [-0.4, -0.2) is 37.4 Å². The minimum Gasteiger partial charge on any atom is -0.489 e. The second kappa shape index (κ2) is 8.95. The molecule has 1 fully saturated rings. The van der Waals surface area contributed by atoms with Gasteiger partial charge in [-0.25, -0.2) is 8.42 Å². The molecule has 0 saturated heterocycles. The molecule has 0 radical (unpaired) electrons. The fraction of sp³-hybridized carbons (Fsp3) is 0.423. The average Bonchev–Trinajstić information content (AvgIpc) is 3.39. The van der Waals surface area contributed by atoms with E-state index in [0.29, 0.717) is 12.4 Å². The Hall–Kier alpha value is -2.64. The lowest BCUT2D eigenvalue weighted by atomic mass is 9.89. The molecule has 1 saturated carbocycles. The number of fused-ring (bicyclic) bond motifs is 2. The van der Waals surface area contributed by atoms with Crippen LogP contribution < -0.4 is 4.74 Å². The number of carbonyl (C=O) groups excluding carboxylic acids is 1. The summed E-state index contributed by atoms with van der Waals surface area (Å²) < 4.78 is 39.7. The van der Waals surface area contributed by atoms with E-state index in [1.165, 1.54) is 4.31 Å². The van der Waals surface area contributed by atoms with Crippen molar-refractivity contribution in [3.63, 3.8) is 0 Å². The van der Waals surface area contributed by atoms with Gasteiger partial charge in [-0.3, -0.25) is 4.79 Å². The van der Waals surface area contributed by atoms with Gasteiger partial charge in [0.25, 0.3) is 0 Å². The van der Waals surface area contributed by atoms with Crippen LogP contribution in [0.4, 0.5) is 0 Å². The zero-order valence-corrected chi connectivity index (χ0v) is 20.3. The highest BCUT2D eigenvalue weighted by Crippen LogP contribution is 2.47. The number of nitrogens with zero attached hydrogens (tertiary/aromatic N) is 1. The number of hydrogen-bond donors (Lipinski definition) is 0. The Labute approximate surface area is 196 Å². The second-order valence-electron chi connectivity index (χ2n) is 9.77. The van der Waals surface area contributed by atoms with Gasteiger partial charge in [0.2, 0.25) is 10.0 Å². The van der Waals surface area contributed by atoms with E-state index in [2.05, 4.69) is 0 Å². The first-order valence-electron chi connectivity index (χ1n) is 11.2. The molecule has 2 aliphatic carbocycles. The molecule has 0 heterocycles. The molecule has 2 aliphatic rings. The maximum Gasteiger partial charge on any atom is 0.311 e. The van der Waals surface area contributed by atoms with Crippen LogP contribution in [0.3, 0.4) is 0 Å². The van der Waals surface area contributed by atoms with Crippen LogP contribution in [0, 0.1) is 17.8 Å². The van der Waals surface area contributed by atoms with E-state index in [1.807, 2.05) is 63.3 Å². The van der Waals surface area contributed by atoms with E-state index in [9.17, 15) is 13.2 Å². The van der Waals surface area contributed by atoms with Crippen LogP contribution in [0.25, 0.3) is 0 Å². The molecule has 6 nitrogen and oxygen atoms in total. The Morgan fingerprint density at radius 1 is 1.00 bits per heavy atom. The molecule has 0 N–H and O–H groups in total. The predicted molar refractivity (Wildman–Crippen MR) is 126 cm³/mol. The molecule has 4 rings (SSSR count). The third-order valence-corrected chi connectivity index (χ3v) is 8.14. The van der Waals surface area contributed by atoms with Crippen LogP contribution in [0.15, 0.2) is 71.6 Å². The van der Waals surface area contributed by atoms with E-state index >= 15 is 0 Å². The van der Waals surface area contributed by atoms with Crippen molar-refractivity contribution < 1.29 is 22.7 Å². The summed E-state index contributed by atoms with van der Waals surface area (Å²) >= 11 is 0. The van der Waals surface area contributed by atoms with E-state index in [0.717, 1.165) is 12.0 Å². The van der Waals surface area contributed by atoms with Crippen LogP contribution in [0.1, 0.15) is 32.8 Å². The summed E-state index contributed by atoms with van der Waals surface area (Å²) in [6.45, 7) is 5.88. The quantitative estimate of drug-likeness (QED) is 0.443. The summed E-state index contributed by atoms with van der Waals surface area (Å²) in [5.74, 6) is -0.250. The SMILES string of the molecule is CN(C1C2C=CC(C2)C1C(=O)OC(C)(C)C)S(=O)(=O)c1ccc(OCc2ccccc2)cc1. The van der Waals surface area contributed by atoms with Crippen LogP contribution in [-0.2, 0) is 26.2 Å².